The van der Waals surface area contributed by atoms with Gasteiger partial charge >= 0.3 is 0 Å². The number of allylic oxidation sites excluding steroid dienone is 2. The number of nitrogens with one attached hydrogen (secondary N) is 1. The summed E-state index contributed by atoms with van der Waals surface area (Å²) < 4.78 is 27.7. The third kappa shape index (κ3) is 4.45. The van der Waals surface area contributed by atoms with Gasteiger partial charge in [0.1, 0.15) is 0 Å². The summed E-state index contributed by atoms with van der Waals surface area (Å²) in [7, 11) is -1.89. The molecule has 0 saturated carbocycles. The van der Waals surface area contributed by atoms with Gasteiger partial charge in [-0.05, 0) is 72.1 Å². The standard InChI is InChI=1S/C23H21N3O3S3/c1-15(10-18(12-24-2)25-32(28,29)19-8-9-30-14-19)21-6-7-22(31-21)16-4-5-20-17(11-16)13-26(3)23(20)27/h4-12,14,25H,2,13H2,1,3H3/b15-10+,18-12+. The van der Waals surface area contributed by atoms with E-state index in [2.05, 4.69) is 22.5 Å². The van der Waals surface area contributed by atoms with Crippen molar-refractivity contribution in [1.29, 1.82) is 0 Å². The van der Waals surface area contributed by atoms with Crippen LogP contribution in [0.3, 0.4) is 0 Å². The Morgan fingerprint density at radius 2 is 2.06 bits per heavy atom. The summed E-state index contributed by atoms with van der Waals surface area (Å²) in [6.07, 6.45) is 3.13. The minimum atomic E-state index is -3.69. The summed E-state index contributed by atoms with van der Waals surface area (Å²) in [4.78, 5) is 19.9. The number of rotatable bonds is 7. The first kappa shape index (κ1) is 22.2. The number of hydrogen-bond acceptors (Lipinski definition) is 6. The molecule has 9 heteroatoms. The molecule has 4 rings (SSSR count). The van der Waals surface area contributed by atoms with Crippen molar-refractivity contribution in [1.82, 2.24) is 9.62 Å². The number of sulfonamides is 1. The highest BCUT2D eigenvalue weighted by molar-refractivity contribution is 7.89. The average Bonchev–Trinajstić information content (AvgIpc) is 3.49. The molecule has 0 unspecified atom stereocenters. The first-order valence-corrected chi connectivity index (χ1v) is 12.9. The van der Waals surface area contributed by atoms with Gasteiger partial charge in [0, 0.05) is 34.3 Å². The van der Waals surface area contributed by atoms with Crippen LogP contribution in [0.4, 0.5) is 0 Å². The smallest absolute Gasteiger partial charge is 0.262 e. The molecule has 6 nitrogen and oxygen atoms in total. The van der Waals surface area contributed by atoms with Gasteiger partial charge in [-0.2, -0.15) is 11.3 Å². The molecule has 0 aliphatic carbocycles. The van der Waals surface area contributed by atoms with E-state index in [1.54, 1.807) is 46.2 Å². The zero-order chi connectivity index (χ0) is 22.9. The number of benzene rings is 1. The first-order chi connectivity index (χ1) is 15.3. The van der Waals surface area contributed by atoms with Crippen molar-refractivity contribution in [3.63, 3.8) is 0 Å². The molecule has 1 aliphatic rings. The number of carbonyl (C=O) groups excluding carboxylic acids is 1. The Balaban J connectivity index is 1.58. The van der Waals surface area contributed by atoms with E-state index >= 15 is 0 Å². The van der Waals surface area contributed by atoms with E-state index in [0.29, 0.717) is 12.2 Å². The zero-order valence-corrected chi connectivity index (χ0v) is 20.0. The molecule has 2 aromatic heterocycles. The summed E-state index contributed by atoms with van der Waals surface area (Å²) >= 11 is 2.92. The number of aliphatic imine (C=N–C) groups is 1. The number of hydrogen-bond donors (Lipinski definition) is 1. The van der Waals surface area contributed by atoms with E-state index in [1.807, 2.05) is 31.2 Å². The maximum Gasteiger partial charge on any atom is 0.262 e. The Morgan fingerprint density at radius 1 is 1.25 bits per heavy atom. The van der Waals surface area contributed by atoms with Gasteiger partial charge in [-0.3, -0.25) is 14.5 Å². The maximum atomic E-state index is 12.6. The molecular weight excluding hydrogens is 462 g/mol. The van der Waals surface area contributed by atoms with E-state index in [-0.39, 0.29) is 10.8 Å². The van der Waals surface area contributed by atoms with E-state index in [0.717, 1.165) is 32.0 Å². The third-order valence-electron chi connectivity index (χ3n) is 5.03. The van der Waals surface area contributed by atoms with Crippen LogP contribution in [0, 0.1) is 0 Å². The fourth-order valence-corrected chi connectivity index (χ4v) is 6.48. The lowest BCUT2D eigenvalue weighted by Crippen LogP contribution is -2.21. The molecule has 0 fully saturated rings. The molecule has 0 atom stereocenters. The van der Waals surface area contributed by atoms with Crippen LogP contribution in [0.5, 0.6) is 0 Å². The van der Waals surface area contributed by atoms with Crippen molar-refractivity contribution in [3.8, 4) is 10.4 Å². The van der Waals surface area contributed by atoms with E-state index in [4.69, 9.17) is 0 Å². The lowest BCUT2D eigenvalue weighted by atomic mass is 10.1. The van der Waals surface area contributed by atoms with Crippen LogP contribution in [0.2, 0.25) is 0 Å². The second-order valence-electron chi connectivity index (χ2n) is 7.36. The zero-order valence-electron chi connectivity index (χ0n) is 17.5. The van der Waals surface area contributed by atoms with Gasteiger partial charge < -0.3 is 4.90 Å². The van der Waals surface area contributed by atoms with Gasteiger partial charge in [0.05, 0.1) is 16.8 Å². The number of thiophene rings is 2. The minimum absolute atomic E-state index is 0.0530. The fourth-order valence-electron chi connectivity index (χ4n) is 3.44. The van der Waals surface area contributed by atoms with Gasteiger partial charge in [0.15, 0.2) is 0 Å². The summed E-state index contributed by atoms with van der Waals surface area (Å²) in [6.45, 7) is 5.98. The molecule has 32 heavy (non-hydrogen) atoms. The molecule has 164 valence electrons. The third-order valence-corrected chi connectivity index (χ3v) is 8.51. The van der Waals surface area contributed by atoms with Crippen LogP contribution >= 0.6 is 22.7 Å². The summed E-state index contributed by atoms with van der Waals surface area (Å²) in [6, 6.07) is 11.5. The number of fused-ring (bicyclic) bond motifs is 1. The lowest BCUT2D eigenvalue weighted by Gasteiger charge is -2.08. The van der Waals surface area contributed by atoms with Crippen molar-refractivity contribution in [3.05, 3.63) is 81.1 Å². The Kier molecular flexibility index (Phi) is 6.14. The molecule has 0 bridgehead atoms. The van der Waals surface area contributed by atoms with E-state index in [1.165, 1.54) is 17.5 Å². The number of nitrogens with zero attached hydrogens (tertiary/aromatic N) is 2. The van der Waals surface area contributed by atoms with Gasteiger partial charge in [0.25, 0.3) is 15.9 Å². The highest BCUT2D eigenvalue weighted by Crippen LogP contribution is 2.34. The van der Waals surface area contributed by atoms with Crippen molar-refractivity contribution < 1.29 is 13.2 Å². The molecule has 1 N–H and O–H groups in total. The lowest BCUT2D eigenvalue weighted by molar-refractivity contribution is 0.0816. The second kappa shape index (κ2) is 8.85. The molecule has 3 heterocycles. The number of amides is 1. The van der Waals surface area contributed by atoms with Crippen molar-refractivity contribution in [2.75, 3.05) is 7.05 Å². The predicted octanol–water partition coefficient (Wildman–Crippen LogP) is 4.99. The Bertz CT molecular complexity index is 1350. The molecule has 0 radical (unpaired) electrons. The molecule has 0 saturated heterocycles. The van der Waals surface area contributed by atoms with Gasteiger partial charge in [-0.1, -0.05) is 6.07 Å². The molecule has 1 aromatic carbocycles. The normalized spacial score (nSPS) is 14.6. The molecule has 1 amide bonds. The van der Waals surface area contributed by atoms with Crippen LogP contribution in [-0.2, 0) is 16.6 Å². The van der Waals surface area contributed by atoms with Crippen LogP contribution in [-0.4, -0.2) is 33.0 Å². The van der Waals surface area contributed by atoms with Gasteiger partial charge in [0.2, 0.25) is 0 Å². The van der Waals surface area contributed by atoms with E-state index in [9.17, 15) is 13.2 Å². The quantitative estimate of drug-likeness (QED) is 0.380. The van der Waals surface area contributed by atoms with Crippen LogP contribution in [0.1, 0.15) is 27.7 Å². The summed E-state index contributed by atoms with van der Waals surface area (Å²) in [5.41, 5.74) is 4.06. The first-order valence-electron chi connectivity index (χ1n) is 9.67. The van der Waals surface area contributed by atoms with Crippen molar-refractivity contribution in [2.45, 2.75) is 18.4 Å². The molecule has 0 spiro atoms. The SMILES string of the molecule is C=N/C=C(\C=C(/C)c1ccc(-c2ccc3c(c2)CN(C)C3=O)s1)NS(=O)(=O)c1ccsc1. The molecular formula is C23H21N3O3S3. The molecule has 3 aromatic rings. The highest BCUT2D eigenvalue weighted by atomic mass is 32.2. The highest BCUT2D eigenvalue weighted by Gasteiger charge is 2.24. The molecule has 1 aliphatic heterocycles. The second-order valence-corrected chi connectivity index (χ2v) is 10.9. The Hall–Kier alpha value is -3.01. The van der Waals surface area contributed by atoms with Crippen molar-refractivity contribution in [2.24, 2.45) is 4.99 Å². The summed E-state index contributed by atoms with van der Waals surface area (Å²) in [5, 5.41) is 3.29. The Labute approximate surface area is 195 Å². The van der Waals surface area contributed by atoms with Gasteiger partial charge in [-0.15, -0.1) is 11.3 Å². The largest absolute Gasteiger partial charge is 0.337 e. The fraction of sp³-hybridized carbons (Fsp3) is 0.130. The average molecular weight is 484 g/mol. The Morgan fingerprint density at radius 3 is 2.78 bits per heavy atom. The van der Waals surface area contributed by atoms with Crippen LogP contribution in [0.15, 0.2) is 75.0 Å². The predicted molar refractivity (Wildman–Crippen MR) is 131 cm³/mol. The topological polar surface area (TPSA) is 78.8 Å². The monoisotopic (exact) mass is 483 g/mol. The van der Waals surface area contributed by atoms with Crippen LogP contribution in [0.25, 0.3) is 16.0 Å². The minimum Gasteiger partial charge on any atom is -0.337 e. The van der Waals surface area contributed by atoms with Gasteiger partial charge in [-0.25, -0.2) is 8.42 Å². The van der Waals surface area contributed by atoms with Crippen LogP contribution < -0.4 is 4.72 Å². The van der Waals surface area contributed by atoms with Crippen molar-refractivity contribution >= 4 is 50.9 Å². The summed E-state index contributed by atoms with van der Waals surface area (Å²) in [5.74, 6) is 0.0530. The van der Waals surface area contributed by atoms with E-state index < -0.39 is 10.0 Å². The maximum absolute atomic E-state index is 12.6. The number of carbonyl (C=O) groups is 1.